The predicted octanol–water partition coefficient (Wildman–Crippen LogP) is 4.74. The summed E-state index contributed by atoms with van der Waals surface area (Å²) in [5, 5.41) is 0. The summed E-state index contributed by atoms with van der Waals surface area (Å²) in [4.78, 5) is 9.17. The molecule has 0 amide bonds. The standard InChI is InChI=1S/C16H17BrN2/c1-2-3-11-4-6-12(7-5-11)14-10-15(17)19-16(18-14)13-8-9-13/h4-7,10,13H,2-3,8-9H2,1H3. The van der Waals surface area contributed by atoms with E-state index in [9.17, 15) is 0 Å². The Morgan fingerprint density at radius 2 is 1.89 bits per heavy atom. The van der Waals surface area contributed by atoms with Gasteiger partial charge in [0.25, 0.3) is 0 Å². The van der Waals surface area contributed by atoms with Crippen molar-refractivity contribution < 1.29 is 0 Å². The summed E-state index contributed by atoms with van der Waals surface area (Å²) in [6, 6.07) is 10.7. The number of hydrogen-bond acceptors (Lipinski definition) is 2. The Hall–Kier alpha value is -1.22. The van der Waals surface area contributed by atoms with Gasteiger partial charge in [0.05, 0.1) is 5.69 Å². The van der Waals surface area contributed by atoms with E-state index in [2.05, 4.69) is 52.1 Å². The van der Waals surface area contributed by atoms with Gasteiger partial charge in [0, 0.05) is 11.5 Å². The van der Waals surface area contributed by atoms with Crippen LogP contribution in [0.25, 0.3) is 11.3 Å². The van der Waals surface area contributed by atoms with Crippen molar-refractivity contribution in [3.8, 4) is 11.3 Å². The fourth-order valence-corrected chi connectivity index (χ4v) is 2.64. The second-order valence-electron chi connectivity index (χ2n) is 5.16. The van der Waals surface area contributed by atoms with Crippen LogP contribution in [0.15, 0.2) is 34.9 Å². The van der Waals surface area contributed by atoms with Crippen molar-refractivity contribution in [2.45, 2.75) is 38.5 Å². The average molecular weight is 317 g/mol. The molecule has 19 heavy (non-hydrogen) atoms. The summed E-state index contributed by atoms with van der Waals surface area (Å²) in [5.41, 5.74) is 3.58. The summed E-state index contributed by atoms with van der Waals surface area (Å²) in [6.07, 6.45) is 4.78. The van der Waals surface area contributed by atoms with E-state index >= 15 is 0 Å². The largest absolute Gasteiger partial charge is 0.233 e. The maximum absolute atomic E-state index is 4.70. The van der Waals surface area contributed by atoms with Gasteiger partial charge in [-0.15, -0.1) is 0 Å². The number of halogens is 1. The first kappa shape index (κ1) is 12.8. The van der Waals surface area contributed by atoms with Gasteiger partial charge < -0.3 is 0 Å². The average Bonchev–Trinajstić information content (AvgIpc) is 3.23. The first-order valence-corrected chi connectivity index (χ1v) is 7.69. The Kier molecular flexibility index (Phi) is 3.65. The van der Waals surface area contributed by atoms with Crippen molar-refractivity contribution >= 4 is 15.9 Å². The van der Waals surface area contributed by atoms with Crippen LogP contribution in [-0.2, 0) is 6.42 Å². The minimum absolute atomic E-state index is 0.579. The second kappa shape index (κ2) is 5.41. The fourth-order valence-electron chi connectivity index (χ4n) is 2.24. The molecule has 0 atom stereocenters. The smallest absolute Gasteiger partial charge is 0.133 e. The number of nitrogens with zero attached hydrogens (tertiary/aromatic N) is 2. The molecule has 0 unspecified atom stereocenters. The van der Waals surface area contributed by atoms with Crippen molar-refractivity contribution in [1.29, 1.82) is 0 Å². The summed E-state index contributed by atoms with van der Waals surface area (Å²) in [7, 11) is 0. The maximum atomic E-state index is 4.70. The molecule has 0 N–H and O–H groups in total. The molecule has 2 nitrogen and oxygen atoms in total. The van der Waals surface area contributed by atoms with E-state index in [4.69, 9.17) is 4.98 Å². The van der Waals surface area contributed by atoms with Crippen molar-refractivity contribution in [1.82, 2.24) is 9.97 Å². The topological polar surface area (TPSA) is 25.8 Å². The van der Waals surface area contributed by atoms with Gasteiger partial charge in [-0.25, -0.2) is 9.97 Å². The van der Waals surface area contributed by atoms with Gasteiger partial charge in [-0.05, 0) is 46.8 Å². The lowest BCUT2D eigenvalue weighted by Crippen LogP contribution is -1.95. The zero-order chi connectivity index (χ0) is 13.2. The third kappa shape index (κ3) is 3.03. The van der Waals surface area contributed by atoms with Crippen molar-refractivity contribution in [3.05, 3.63) is 46.3 Å². The second-order valence-corrected chi connectivity index (χ2v) is 5.97. The highest BCUT2D eigenvalue weighted by Gasteiger charge is 2.27. The lowest BCUT2D eigenvalue weighted by atomic mass is 10.1. The van der Waals surface area contributed by atoms with Gasteiger partial charge in [-0.3, -0.25) is 0 Å². The highest BCUT2D eigenvalue weighted by atomic mass is 79.9. The molecule has 3 heteroatoms. The Labute approximate surface area is 122 Å². The first-order chi connectivity index (χ1) is 9.26. The van der Waals surface area contributed by atoms with E-state index in [0.717, 1.165) is 22.5 Å². The van der Waals surface area contributed by atoms with Gasteiger partial charge in [-0.1, -0.05) is 37.6 Å². The van der Waals surface area contributed by atoms with Gasteiger partial charge >= 0.3 is 0 Å². The number of hydrogen-bond donors (Lipinski definition) is 0. The number of benzene rings is 1. The number of aryl methyl sites for hydroxylation is 1. The lowest BCUT2D eigenvalue weighted by molar-refractivity contribution is 0.916. The van der Waals surface area contributed by atoms with Crippen molar-refractivity contribution in [2.24, 2.45) is 0 Å². The van der Waals surface area contributed by atoms with Crippen LogP contribution in [0.1, 0.15) is 43.5 Å². The number of aromatic nitrogens is 2. The Morgan fingerprint density at radius 1 is 1.16 bits per heavy atom. The lowest BCUT2D eigenvalue weighted by Gasteiger charge is -2.06. The molecule has 1 aliphatic rings. The molecule has 1 saturated carbocycles. The molecule has 0 bridgehead atoms. The van der Waals surface area contributed by atoms with E-state index in [0.29, 0.717) is 5.92 Å². The third-order valence-corrected chi connectivity index (χ3v) is 3.85. The van der Waals surface area contributed by atoms with Crippen LogP contribution in [0.4, 0.5) is 0 Å². The molecule has 1 aromatic heterocycles. The van der Waals surface area contributed by atoms with Gasteiger partial charge in [-0.2, -0.15) is 0 Å². The SMILES string of the molecule is CCCc1ccc(-c2cc(Br)nc(C3CC3)n2)cc1. The van der Waals surface area contributed by atoms with Crippen molar-refractivity contribution in [2.75, 3.05) is 0 Å². The van der Waals surface area contributed by atoms with Gasteiger partial charge in [0.1, 0.15) is 10.4 Å². The molecule has 3 rings (SSSR count). The fraction of sp³-hybridized carbons (Fsp3) is 0.375. The van der Waals surface area contributed by atoms with Crippen LogP contribution in [-0.4, -0.2) is 9.97 Å². The molecule has 0 radical (unpaired) electrons. The highest BCUT2D eigenvalue weighted by Crippen LogP contribution is 2.39. The summed E-state index contributed by atoms with van der Waals surface area (Å²) in [5.74, 6) is 1.57. The molecular formula is C16H17BrN2. The molecule has 98 valence electrons. The summed E-state index contributed by atoms with van der Waals surface area (Å²) < 4.78 is 0.886. The Balaban J connectivity index is 1.92. The summed E-state index contributed by atoms with van der Waals surface area (Å²) in [6.45, 7) is 2.21. The maximum Gasteiger partial charge on any atom is 0.133 e. The van der Waals surface area contributed by atoms with Crippen LogP contribution >= 0.6 is 15.9 Å². The minimum atomic E-state index is 0.579. The third-order valence-electron chi connectivity index (χ3n) is 3.44. The molecule has 1 aromatic carbocycles. The van der Waals surface area contributed by atoms with Crippen LogP contribution < -0.4 is 0 Å². The predicted molar refractivity (Wildman–Crippen MR) is 81.1 cm³/mol. The highest BCUT2D eigenvalue weighted by molar-refractivity contribution is 9.10. The molecule has 0 aliphatic heterocycles. The molecule has 1 aliphatic carbocycles. The van der Waals surface area contributed by atoms with Crippen LogP contribution in [0.3, 0.4) is 0 Å². The van der Waals surface area contributed by atoms with E-state index in [1.165, 1.54) is 30.4 Å². The molecule has 1 heterocycles. The summed E-state index contributed by atoms with van der Waals surface area (Å²) >= 11 is 3.49. The van der Waals surface area contributed by atoms with Crippen LogP contribution in [0.5, 0.6) is 0 Å². The Bertz CT molecular complexity index is 574. The monoisotopic (exact) mass is 316 g/mol. The first-order valence-electron chi connectivity index (χ1n) is 6.90. The zero-order valence-corrected chi connectivity index (χ0v) is 12.7. The quantitative estimate of drug-likeness (QED) is 0.762. The van der Waals surface area contributed by atoms with E-state index in [1.54, 1.807) is 0 Å². The van der Waals surface area contributed by atoms with Crippen LogP contribution in [0.2, 0.25) is 0 Å². The minimum Gasteiger partial charge on any atom is -0.233 e. The zero-order valence-electron chi connectivity index (χ0n) is 11.1. The Morgan fingerprint density at radius 3 is 2.53 bits per heavy atom. The molecule has 0 spiro atoms. The van der Waals surface area contributed by atoms with E-state index in [1.807, 2.05) is 6.07 Å². The van der Waals surface area contributed by atoms with Gasteiger partial charge in [0.2, 0.25) is 0 Å². The van der Waals surface area contributed by atoms with E-state index < -0.39 is 0 Å². The number of rotatable bonds is 4. The van der Waals surface area contributed by atoms with Gasteiger partial charge in [0.15, 0.2) is 0 Å². The van der Waals surface area contributed by atoms with Crippen molar-refractivity contribution in [3.63, 3.8) is 0 Å². The van der Waals surface area contributed by atoms with E-state index in [-0.39, 0.29) is 0 Å². The molecule has 2 aromatic rings. The molecule has 1 fully saturated rings. The molecular weight excluding hydrogens is 300 g/mol. The normalized spacial score (nSPS) is 14.6. The molecule has 0 saturated heterocycles. The van der Waals surface area contributed by atoms with Crippen LogP contribution in [0, 0.1) is 0 Å².